The molecule has 0 saturated carbocycles. The number of nitro benzene ring substituents is 1. The first-order chi connectivity index (χ1) is 14.7. The van der Waals surface area contributed by atoms with E-state index in [9.17, 15) is 19.7 Å². The lowest BCUT2D eigenvalue weighted by molar-refractivity contribution is -0.384. The average Bonchev–Trinajstić information content (AvgIpc) is 2.70. The Morgan fingerprint density at radius 1 is 1.13 bits per heavy atom. The minimum Gasteiger partial charge on any atom is -0.454 e. The molecule has 0 aromatic heterocycles. The van der Waals surface area contributed by atoms with Gasteiger partial charge in [0.05, 0.1) is 15.5 Å². The van der Waals surface area contributed by atoms with Gasteiger partial charge in [0, 0.05) is 29.7 Å². The number of benzene rings is 2. The van der Waals surface area contributed by atoms with Gasteiger partial charge in [-0.05, 0) is 48.6 Å². The van der Waals surface area contributed by atoms with Crippen molar-refractivity contribution in [3.63, 3.8) is 0 Å². The van der Waals surface area contributed by atoms with E-state index in [2.05, 4.69) is 13.8 Å². The van der Waals surface area contributed by atoms with Gasteiger partial charge < -0.3 is 9.64 Å². The fraction of sp³-hybridized carbons (Fsp3) is 0.364. The second-order valence-electron chi connectivity index (χ2n) is 7.94. The summed E-state index contributed by atoms with van der Waals surface area (Å²) in [4.78, 5) is 37.9. The molecule has 0 spiro atoms. The van der Waals surface area contributed by atoms with Crippen molar-refractivity contribution < 1.29 is 19.2 Å². The Kier molecular flexibility index (Phi) is 7.18. The fourth-order valence-electron chi connectivity index (χ4n) is 3.93. The molecule has 31 heavy (non-hydrogen) atoms. The molecule has 2 aromatic carbocycles. The average molecular weight is 465 g/mol. The number of ether oxygens (including phenoxy) is 1. The largest absolute Gasteiger partial charge is 0.454 e. The number of Topliss-reactive ketones (excluding diaryl/α,β-unsaturated/α-hetero) is 1. The van der Waals surface area contributed by atoms with E-state index < -0.39 is 23.3 Å². The van der Waals surface area contributed by atoms with Crippen LogP contribution in [-0.2, 0) is 4.74 Å². The number of rotatable bonds is 6. The van der Waals surface area contributed by atoms with Crippen LogP contribution in [0.3, 0.4) is 0 Å². The lowest BCUT2D eigenvalue weighted by Gasteiger charge is -2.36. The van der Waals surface area contributed by atoms with Gasteiger partial charge in [0.15, 0.2) is 6.61 Å². The van der Waals surface area contributed by atoms with Crippen LogP contribution in [0.15, 0.2) is 36.4 Å². The topological polar surface area (TPSA) is 89.8 Å². The smallest absolute Gasteiger partial charge is 0.338 e. The lowest BCUT2D eigenvalue weighted by atomic mass is 9.91. The van der Waals surface area contributed by atoms with Crippen molar-refractivity contribution in [3.8, 4) is 0 Å². The Balaban J connectivity index is 1.75. The Morgan fingerprint density at radius 2 is 1.81 bits per heavy atom. The van der Waals surface area contributed by atoms with Crippen LogP contribution in [0.25, 0.3) is 0 Å². The first kappa shape index (κ1) is 23.0. The second-order valence-corrected chi connectivity index (χ2v) is 8.78. The predicted octanol–water partition coefficient (Wildman–Crippen LogP) is 5.42. The zero-order chi connectivity index (χ0) is 22.7. The van der Waals surface area contributed by atoms with Crippen LogP contribution >= 0.6 is 23.2 Å². The molecule has 1 aliphatic rings. The van der Waals surface area contributed by atoms with Gasteiger partial charge in [-0.25, -0.2) is 4.79 Å². The molecule has 1 heterocycles. The number of esters is 1. The van der Waals surface area contributed by atoms with Crippen LogP contribution in [-0.4, -0.2) is 36.4 Å². The maximum absolute atomic E-state index is 12.4. The Hall–Kier alpha value is -2.64. The van der Waals surface area contributed by atoms with Crippen LogP contribution < -0.4 is 4.90 Å². The predicted molar refractivity (Wildman–Crippen MR) is 119 cm³/mol. The number of carbonyl (C=O) groups excluding carboxylic acids is 2. The summed E-state index contributed by atoms with van der Waals surface area (Å²) in [5.41, 5.74) is 0.490. The lowest BCUT2D eigenvalue weighted by Crippen LogP contribution is -2.39. The minimum absolute atomic E-state index is 0.00330. The van der Waals surface area contributed by atoms with E-state index in [0.717, 1.165) is 6.42 Å². The van der Waals surface area contributed by atoms with Crippen LogP contribution in [0, 0.1) is 22.0 Å². The summed E-state index contributed by atoms with van der Waals surface area (Å²) in [6, 6.07) is 8.61. The molecule has 0 bridgehead atoms. The summed E-state index contributed by atoms with van der Waals surface area (Å²) in [6.45, 7) is 5.11. The monoisotopic (exact) mass is 464 g/mol. The number of hydrogen-bond acceptors (Lipinski definition) is 6. The number of anilines is 1. The number of nitrogens with zero attached hydrogens (tertiary/aromatic N) is 2. The second kappa shape index (κ2) is 9.66. The quantitative estimate of drug-likeness (QED) is 0.245. The summed E-state index contributed by atoms with van der Waals surface area (Å²) in [7, 11) is 0. The SMILES string of the molecule is C[C@@H]1C[C@@H](C)CN(c2ccc(C(=O)OCC(=O)c3ccc(Cl)cc3Cl)cc2[N+](=O)[O-])C1. The molecule has 0 radical (unpaired) electrons. The highest BCUT2D eigenvalue weighted by molar-refractivity contribution is 6.36. The van der Waals surface area contributed by atoms with Gasteiger partial charge in [-0.3, -0.25) is 14.9 Å². The Labute approximate surface area is 190 Å². The van der Waals surface area contributed by atoms with Crippen molar-refractivity contribution in [2.75, 3.05) is 24.6 Å². The summed E-state index contributed by atoms with van der Waals surface area (Å²) in [6.07, 6.45) is 1.07. The van der Waals surface area contributed by atoms with Crippen LogP contribution in [0.5, 0.6) is 0 Å². The number of hydrogen-bond donors (Lipinski definition) is 0. The van der Waals surface area contributed by atoms with Crippen molar-refractivity contribution in [1.29, 1.82) is 0 Å². The third kappa shape index (κ3) is 5.54. The van der Waals surface area contributed by atoms with Crippen LogP contribution in [0.4, 0.5) is 11.4 Å². The van der Waals surface area contributed by atoms with Gasteiger partial charge in [0.1, 0.15) is 5.69 Å². The van der Waals surface area contributed by atoms with Gasteiger partial charge in [0.25, 0.3) is 5.69 Å². The van der Waals surface area contributed by atoms with Crippen LogP contribution in [0.1, 0.15) is 41.0 Å². The summed E-state index contributed by atoms with van der Waals surface area (Å²) in [5.74, 6) is -0.497. The van der Waals surface area contributed by atoms with Gasteiger partial charge in [-0.1, -0.05) is 37.0 Å². The molecule has 1 fully saturated rings. The maximum Gasteiger partial charge on any atom is 0.338 e. The van der Waals surface area contributed by atoms with Crippen molar-refractivity contribution in [2.24, 2.45) is 11.8 Å². The van der Waals surface area contributed by atoms with Crippen molar-refractivity contribution in [1.82, 2.24) is 0 Å². The number of ketones is 1. The molecule has 1 saturated heterocycles. The molecular formula is C22H22Cl2N2O5. The third-order valence-electron chi connectivity index (χ3n) is 5.18. The minimum atomic E-state index is -0.825. The molecule has 0 aliphatic carbocycles. The van der Waals surface area contributed by atoms with Crippen molar-refractivity contribution in [2.45, 2.75) is 20.3 Å². The standard InChI is InChI=1S/C22H22Cl2N2O5/c1-13-7-14(2)11-25(10-13)19-6-3-15(8-20(19)26(29)30)22(28)31-12-21(27)17-5-4-16(23)9-18(17)24/h3-6,8-9,13-14H,7,10-12H2,1-2H3/t13-,14-/m1/s1. The van der Waals surface area contributed by atoms with Crippen molar-refractivity contribution in [3.05, 3.63) is 67.7 Å². The van der Waals surface area contributed by atoms with E-state index in [1.165, 1.54) is 30.3 Å². The maximum atomic E-state index is 12.4. The Bertz CT molecular complexity index is 1020. The molecule has 0 unspecified atom stereocenters. The molecule has 164 valence electrons. The zero-order valence-electron chi connectivity index (χ0n) is 17.1. The Morgan fingerprint density at radius 3 is 2.42 bits per heavy atom. The molecule has 3 rings (SSSR count). The van der Waals surface area contributed by atoms with E-state index in [1.54, 1.807) is 6.07 Å². The highest BCUT2D eigenvalue weighted by Crippen LogP contribution is 2.34. The molecule has 0 amide bonds. The number of halogens is 2. The molecule has 9 heteroatoms. The summed E-state index contributed by atoms with van der Waals surface area (Å²) >= 11 is 11.8. The van der Waals surface area contributed by atoms with E-state index >= 15 is 0 Å². The number of carbonyl (C=O) groups is 2. The van der Waals surface area contributed by atoms with Gasteiger partial charge in [-0.15, -0.1) is 0 Å². The first-order valence-corrected chi connectivity index (χ1v) is 10.6. The number of piperidine rings is 1. The van der Waals surface area contributed by atoms with Crippen molar-refractivity contribution >= 4 is 46.3 Å². The molecule has 2 atom stereocenters. The van der Waals surface area contributed by atoms with E-state index in [4.69, 9.17) is 27.9 Å². The summed E-state index contributed by atoms with van der Waals surface area (Å²) < 4.78 is 5.07. The zero-order valence-corrected chi connectivity index (χ0v) is 18.7. The molecule has 0 N–H and O–H groups in total. The highest BCUT2D eigenvalue weighted by Gasteiger charge is 2.28. The van der Waals surface area contributed by atoms with Crippen LogP contribution in [0.2, 0.25) is 10.0 Å². The molecule has 7 nitrogen and oxygen atoms in total. The van der Waals surface area contributed by atoms with Gasteiger partial charge in [0.2, 0.25) is 5.78 Å². The first-order valence-electron chi connectivity index (χ1n) is 9.84. The van der Waals surface area contributed by atoms with Gasteiger partial charge in [-0.2, -0.15) is 0 Å². The van der Waals surface area contributed by atoms with Gasteiger partial charge >= 0.3 is 5.97 Å². The normalized spacial score (nSPS) is 18.5. The third-order valence-corrected chi connectivity index (χ3v) is 5.73. The fourth-order valence-corrected chi connectivity index (χ4v) is 4.45. The molecule has 1 aliphatic heterocycles. The molecular weight excluding hydrogens is 443 g/mol. The van der Waals surface area contributed by atoms with E-state index in [-0.39, 0.29) is 21.8 Å². The summed E-state index contributed by atoms with van der Waals surface area (Å²) in [5, 5.41) is 12.2. The highest BCUT2D eigenvalue weighted by atomic mass is 35.5. The molecule has 2 aromatic rings. The number of nitro groups is 1. The van der Waals surface area contributed by atoms with E-state index in [1.807, 2.05) is 4.90 Å². The van der Waals surface area contributed by atoms with E-state index in [0.29, 0.717) is 35.6 Å².